The van der Waals surface area contributed by atoms with Crippen molar-refractivity contribution in [1.29, 1.82) is 0 Å². The Bertz CT molecular complexity index is 249. The Morgan fingerprint density at radius 3 is 2.44 bits per heavy atom. The third-order valence-corrected chi connectivity index (χ3v) is 4.08. The number of hydrogen-bond acceptors (Lipinski definition) is 3. The highest BCUT2D eigenvalue weighted by atomic mass is 16.5. The second-order valence-electron chi connectivity index (χ2n) is 5.02. The molecular formula is C12H21NO3. The molecule has 0 aromatic carbocycles. The summed E-state index contributed by atoms with van der Waals surface area (Å²) in [5, 5.41) is 9.02. The number of carboxylic acids is 1. The van der Waals surface area contributed by atoms with E-state index in [9.17, 15) is 4.79 Å². The van der Waals surface area contributed by atoms with Crippen molar-refractivity contribution in [3.8, 4) is 0 Å². The van der Waals surface area contributed by atoms with Gasteiger partial charge in [-0.05, 0) is 44.7 Å². The van der Waals surface area contributed by atoms with Crippen LogP contribution in [0.3, 0.4) is 0 Å². The summed E-state index contributed by atoms with van der Waals surface area (Å²) >= 11 is 0. The maximum absolute atomic E-state index is 11.0. The number of rotatable bonds is 4. The molecule has 2 unspecified atom stereocenters. The van der Waals surface area contributed by atoms with Gasteiger partial charge in [-0.1, -0.05) is 0 Å². The first-order chi connectivity index (χ1) is 7.72. The maximum Gasteiger partial charge on any atom is 0.308 e. The van der Waals surface area contributed by atoms with Crippen molar-refractivity contribution in [3.05, 3.63) is 0 Å². The summed E-state index contributed by atoms with van der Waals surface area (Å²) in [5.41, 5.74) is 0. The maximum atomic E-state index is 11.0. The lowest BCUT2D eigenvalue weighted by Crippen LogP contribution is -2.52. The molecule has 0 amide bonds. The zero-order chi connectivity index (χ0) is 11.5. The first kappa shape index (κ1) is 11.9. The van der Waals surface area contributed by atoms with Crippen LogP contribution in [0.5, 0.6) is 0 Å². The van der Waals surface area contributed by atoms with Crippen LogP contribution in [0.15, 0.2) is 0 Å². The van der Waals surface area contributed by atoms with Crippen LogP contribution in [0.1, 0.15) is 25.7 Å². The smallest absolute Gasteiger partial charge is 0.308 e. The molecular weight excluding hydrogens is 206 g/mol. The number of nitrogens with zero attached hydrogens (tertiary/aromatic N) is 1. The first-order valence-electron chi connectivity index (χ1n) is 6.18. The topological polar surface area (TPSA) is 49.8 Å². The molecule has 1 saturated carbocycles. The number of aliphatic carboxylic acids is 1. The van der Waals surface area contributed by atoms with E-state index in [1.807, 2.05) is 0 Å². The van der Waals surface area contributed by atoms with Crippen LogP contribution in [0.25, 0.3) is 0 Å². The minimum atomic E-state index is -0.615. The summed E-state index contributed by atoms with van der Waals surface area (Å²) in [7, 11) is 1.75. The lowest BCUT2D eigenvalue weighted by atomic mass is 9.77. The molecule has 0 radical (unpaired) electrons. The average Bonchev–Trinajstić information content (AvgIpc) is 2.18. The number of methoxy groups -OCH3 is 1. The third-order valence-electron chi connectivity index (χ3n) is 4.08. The van der Waals surface area contributed by atoms with Gasteiger partial charge >= 0.3 is 5.97 Å². The summed E-state index contributed by atoms with van der Waals surface area (Å²) in [6.07, 6.45) is 4.22. The summed E-state index contributed by atoms with van der Waals surface area (Å²) in [5.74, 6) is -0.0566. The number of carboxylic acid groups (broad SMARTS) is 1. The molecule has 4 nitrogen and oxygen atoms in total. The van der Waals surface area contributed by atoms with Gasteiger partial charge in [-0.3, -0.25) is 9.69 Å². The van der Waals surface area contributed by atoms with Crippen LogP contribution in [0.4, 0.5) is 0 Å². The lowest BCUT2D eigenvalue weighted by molar-refractivity contribution is -0.149. The predicted octanol–water partition coefficient (Wildman–Crippen LogP) is 1.21. The molecule has 0 spiro atoms. The molecule has 16 heavy (non-hydrogen) atoms. The SMILES string of the molecule is COCC1CCN(C2CCC2C(=O)O)CC1. The van der Waals surface area contributed by atoms with Crippen LogP contribution in [0, 0.1) is 11.8 Å². The Kier molecular flexibility index (Phi) is 3.82. The van der Waals surface area contributed by atoms with Gasteiger partial charge in [0.25, 0.3) is 0 Å². The van der Waals surface area contributed by atoms with Crippen molar-refractivity contribution in [2.75, 3.05) is 26.8 Å². The Morgan fingerprint density at radius 2 is 2.00 bits per heavy atom. The van der Waals surface area contributed by atoms with Crippen LogP contribution in [-0.2, 0) is 9.53 Å². The van der Waals surface area contributed by atoms with Crippen molar-refractivity contribution < 1.29 is 14.6 Å². The first-order valence-corrected chi connectivity index (χ1v) is 6.18. The number of hydrogen-bond donors (Lipinski definition) is 1. The van der Waals surface area contributed by atoms with E-state index < -0.39 is 5.97 Å². The van der Waals surface area contributed by atoms with E-state index >= 15 is 0 Å². The Morgan fingerprint density at radius 1 is 1.31 bits per heavy atom. The van der Waals surface area contributed by atoms with E-state index in [1.165, 1.54) is 0 Å². The van der Waals surface area contributed by atoms with Gasteiger partial charge in [0.15, 0.2) is 0 Å². The molecule has 1 saturated heterocycles. The molecule has 1 N–H and O–H groups in total. The lowest BCUT2D eigenvalue weighted by Gasteiger charge is -2.45. The van der Waals surface area contributed by atoms with Gasteiger partial charge in [0, 0.05) is 19.8 Å². The predicted molar refractivity (Wildman–Crippen MR) is 60.3 cm³/mol. The molecule has 1 aliphatic carbocycles. The van der Waals surface area contributed by atoms with Gasteiger partial charge < -0.3 is 9.84 Å². The van der Waals surface area contributed by atoms with E-state index in [0.29, 0.717) is 12.0 Å². The van der Waals surface area contributed by atoms with E-state index in [2.05, 4.69) is 4.90 Å². The zero-order valence-corrected chi connectivity index (χ0v) is 9.89. The molecule has 2 rings (SSSR count). The van der Waals surface area contributed by atoms with Crippen LogP contribution < -0.4 is 0 Å². The summed E-state index contributed by atoms with van der Waals surface area (Å²) < 4.78 is 5.16. The van der Waals surface area contributed by atoms with Crippen molar-refractivity contribution in [3.63, 3.8) is 0 Å². The van der Waals surface area contributed by atoms with Gasteiger partial charge in [0.05, 0.1) is 5.92 Å². The average molecular weight is 227 g/mol. The van der Waals surface area contributed by atoms with Crippen molar-refractivity contribution in [2.45, 2.75) is 31.7 Å². The fourth-order valence-corrected chi connectivity index (χ4v) is 2.89. The Hall–Kier alpha value is -0.610. The van der Waals surface area contributed by atoms with Crippen LogP contribution >= 0.6 is 0 Å². The number of likely N-dealkylation sites (tertiary alicyclic amines) is 1. The summed E-state index contributed by atoms with van der Waals surface area (Å²) in [4.78, 5) is 13.3. The van der Waals surface area contributed by atoms with Crippen molar-refractivity contribution in [2.24, 2.45) is 11.8 Å². The van der Waals surface area contributed by atoms with Gasteiger partial charge in [0.2, 0.25) is 0 Å². The van der Waals surface area contributed by atoms with E-state index in [1.54, 1.807) is 7.11 Å². The third kappa shape index (κ3) is 2.38. The molecule has 2 atom stereocenters. The number of piperidine rings is 1. The molecule has 92 valence electrons. The van der Waals surface area contributed by atoms with Gasteiger partial charge in [-0.25, -0.2) is 0 Å². The highest BCUT2D eigenvalue weighted by Gasteiger charge is 2.41. The second kappa shape index (κ2) is 5.15. The van der Waals surface area contributed by atoms with Crippen LogP contribution in [0.2, 0.25) is 0 Å². The van der Waals surface area contributed by atoms with Gasteiger partial charge in [-0.2, -0.15) is 0 Å². The standard InChI is InChI=1S/C12H21NO3/c1-16-8-9-4-6-13(7-5-9)11-3-2-10(11)12(14)15/h9-11H,2-8H2,1H3,(H,14,15). The number of ether oxygens (including phenoxy) is 1. The van der Waals surface area contributed by atoms with E-state index in [-0.39, 0.29) is 5.92 Å². The minimum Gasteiger partial charge on any atom is -0.481 e. The van der Waals surface area contributed by atoms with E-state index in [0.717, 1.165) is 45.4 Å². The zero-order valence-electron chi connectivity index (χ0n) is 9.89. The number of carbonyl (C=O) groups is 1. The molecule has 1 heterocycles. The minimum absolute atomic E-state index is 0.112. The van der Waals surface area contributed by atoms with Crippen molar-refractivity contribution >= 4 is 5.97 Å². The molecule has 2 fully saturated rings. The van der Waals surface area contributed by atoms with Crippen molar-refractivity contribution in [1.82, 2.24) is 4.90 Å². The molecule has 4 heteroatoms. The normalized spacial score (nSPS) is 32.3. The largest absolute Gasteiger partial charge is 0.481 e. The van der Waals surface area contributed by atoms with E-state index in [4.69, 9.17) is 9.84 Å². The summed E-state index contributed by atoms with van der Waals surface area (Å²) in [6, 6.07) is 0.306. The molecule has 2 aliphatic rings. The van der Waals surface area contributed by atoms with Gasteiger partial charge in [0.1, 0.15) is 0 Å². The molecule has 1 aliphatic heterocycles. The Balaban J connectivity index is 1.78. The highest BCUT2D eigenvalue weighted by Crippen LogP contribution is 2.34. The van der Waals surface area contributed by atoms with Gasteiger partial charge in [-0.15, -0.1) is 0 Å². The fraction of sp³-hybridized carbons (Fsp3) is 0.917. The highest BCUT2D eigenvalue weighted by molar-refractivity contribution is 5.72. The molecule has 0 bridgehead atoms. The molecule has 0 aromatic heterocycles. The van der Waals surface area contributed by atoms with Crippen LogP contribution in [-0.4, -0.2) is 48.8 Å². The Labute approximate surface area is 96.6 Å². The molecule has 0 aromatic rings. The fourth-order valence-electron chi connectivity index (χ4n) is 2.89. The quantitative estimate of drug-likeness (QED) is 0.784. The summed E-state index contributed by atoms with van der Waals surface area (Å²) in [6.45, 7) is 2.94. The monoisotopic (exact) mass is 227 g/mol. The second-order valence-corrected chi connectivity index (χ2v) is 5.02.